The summed E-state index contributed by atoms with van der Waals surface area (Å²) < 4.78 is 0. The summed E-state index contributed by atoms with van der Waals surface area (Å²) >= 11 is 0. The molecule has 1 aliphatic carbocycles. The Hall–Kier alpha value is -1.86. The van der Waals surface area contributed by atoms with Crippen molar-refractivity contribution in [3.05, 3.63) is 59.7 Å². The lowest BCUT2D eigenvalue weighted by atomic mass is 9.86. The standard InChI is InChI=1S/C23H25N/c1-2-8-17(9-3-1)24-15-14-22-20-12-5-4-10-18(20)19-11-6-7-13-21(19)23(22)16-24/h4-7,10-13,17H,1-3,8-9,14-16H2. The van der Waals surface area contributed by atoms with E-state index < -0.39 is 0 Å². The van der Waals surface area contributed by atoms with Crippen molar-refractivity contribution in [3.63, 3.8) is 0 Å². The van der Waals surface area contributed by atoms with Gasteiger partial charge in [-0.25, -0.2) is 0 Å². The average molecular weight is 315 g/mol. The molecule has 1 aliphatic heterocycles. The van der Waals surface area contributed by atoms with Gasteiger partial charge in [0.1, 0.15) is 0 Å². The third kappa shape index (κ3) is 2.26. The van der Waals surface area contributed by atoms with Gasteiger partial charge in [0, 0.05) is 19.1 Å². The van der Waals surface area contributed by atoms with E-state index in [9.17, 15) is 0 Å². The maximum atomic E-state index is 2.78. The van der Waals surface area contributed by atoms with Crippen molar-refractivity contribution in [2.24, 2.45) is 0 Å². The minimum Gasteiger partial charge on any atom is -0.296 e. The maximum Gasteiger partial charge on any atom is 0.0245 e. The second kappa shape index (κ2) is 5.89. The van der Waals surface area contributed by atoms with Crippen molar-refractivity contribution < 1.29 is 0 Å². The molecule has 1 heterocycles. The van der Waals surface area contributed by atoms with Crippen LogP contribution in [0.2, 0.25) is 0 Å². The Bertz CT molecular complexity index is 889. The van der Waals surface area contributed by atoms with Gasteiger partial charge >= 0.3 is 0 Å². The van der Waals surface area contributed by atoms with Gasteiger partial charge < -0.3 is 0 Å². The van der Waals surface area contributed by atoms with Crippen LogP contribution in [-0.4, -0.2) is 17.5 Å². The van der Waals surface area contributed by atoms with Crippen molar-refractivity contribution in [2.75, 3.05) is 6.54 Å². The Balaban J connectivity index is 1.67. The largest absolute Gasteiger partial charge is 0.296 e. The van der Waals surface area contributed by atoms with Gasteiger partial charge in [-0.15, -0.1) is 0 Å². The predicted octanol–water partition coefficient (Wildman–Crippen LogP) is 5.68. The fraction of sp³-hybridized carbons (Fsp3) is 0.391. The number of nitrogens with zero attached hydrogens (tertiary/aromatic N) is 1. The molecule has 1 heteroatoms. The normalized spacial score (nSPS) is 19.7. The Morgan fingerprint density at radius 1 is 0.667 bits per heavy atom. The first kappa shape index (κ1) is 14.5. The zero-order chi connectivity index (χ0) is 15.9. The molecule has 0 bridgehead atoms. The van der Waals surface area contributed by atoms with Crippen molar-refractivity contribution in [1.29, 1.82) is 0 Å². The number of hydrogen-bond acceptors (Lipinski definition) is 1. The SMILES string of the molecule is c1ccc2c(c1)c1c(c3ccccc32)CN(C2CCCCC2)CC1. The van der Waals surface area contributed by atoms with Crippen molar-refractivity contribution in [2.45, 2.75) is 51.1 Å². The minimum atomic E-state index is 0.817. The van der Waals surface area contributed by atoms with Crippen LogP contribution >= 0.6 is 0 Å². The van der Waals surface area contributed by atoms with Crippen LogP contribution in [0.25, 0.3) is 21.5 Å². The molecule has 0 aromatic heterocycles. The van der Waals surface area contributed by atoms with Crippen LogP contribution in [0, 0.1) is 0 Å². The topological polar surface area (TPSA) is 3.24 Å². The summed E-state index contributed by atoms with van der Waals surface area (Å²) in [5.74, 6) is 0. The maximum absolute atomic E-state index is 2.78. The average Bonchev–Trinajstić information content (AvgIpc) is 2.68. The van der Waals surface area contributed by atoms with Gasteiger partial charge in [0.25, 0.3) is 0 Å². The summed E-state index contributed by atoms with van der Waals surface area (Å²) in [6, 6.07) is 18.9. The fourth-order valence-electron chi connectivity index (χ4n) is 5.05. The van der Waals surface area contributed by atoms with Gasteiger partial charge in [-0.2, -0.15) is 0 Å². The third-order valence-electron chi connectivity index (χ3n) is 6.26. The molecule has 122 valence electrons. The summed E-state index contributed by atoms with van der Waals surface area (Å²) in [6.45, 7) is 2.38. The molecule has 2 aliphatic rings. The minimum absolute atomic E-state index is 0.817. The Kier molecular flexibility index (Phi) is 3.56. The van der Waals surface area contributed by atoms with Gasteiger partial charge in [0.2, 0.25) is 0 Å². The Morgan fingerprint density at radius 2 is 1.25 bits per heavy atom. The van der Waals surface area contributed by atoms with Gasteiger partial charge in [-0.05, 0) is 51.9 Å². The molecular weight excluding hydrogens is 290 g/mol. The third-order valence-corrected chi connectivity index (χ3v) is 6.26. The molecular formula is C23H25N. The number of rotatable bonds is 1. The van der Waals surface area contributed by atoms with Crippen LogP contribution < -0.4 is 0 Å². The molecule has 1 saturated carbocycles. The van der Waals surface area contributed by atoms with Crippen molar-refractivity contribution in [3.8, 4) is 0 Å². The van der Waals surface area contributed by atoms with Gasteiger partial charge in [0.05, 0.1) is 0 Å². The van der Waals surface area contributed by atoms with E-state index in [0.717, 1.165) is 12.6 Å². The lowest BCUT2D eigenvalue weighted by molar-refractivity contribution is 0.142. The van der Waals surface area contributed by atoms with E-state index in [-0.39, 0.29) is 0 Å². The molecule has 1 nitrogen and oxygen atoms in total. The summed E-state index contributed by atoms with van der Waals surface area (Å²) in [5, 5.41) is 5.82. The number of benzene rings is 3. The molecule has 0 spiro atoms. The first-order valence-electron chi connectivity index (χ1n) is 9.57. The first-order chi connectivity index (χ1) is 11.9. The van der Waals surface area contributed by atoms with Crippen LogP contribution in [0.4, 0.5) is 0 Å². The highest BCUT2D eigenvalue weighted by Gasteiger charge is 2.27. The second-order valence-electron chi connectivity index (χ2n) is 7.56. The van der Waals surface area contributed by atoms with Gasteiger partial charge in [0.15, 0.2) is 0 Å². The lowest BCUT2D eigenvalue weighted by Gasteiger charge is -2.38. The Morgan fingerprint density at radius 3 is 1.92 bits per heavy atom. The quantitative estimate of drug-likeness (QED) is 0.522. The summed E-state index contributed by atoms with van der Waals surface area (Å²) in [7, 11) is 0. The highest BCUT2D eigenvalue weighted by molar-refractivity contribution is 6.10. The first-order valence-corrected chi connectivity index (χ1v) is 9.57. The zero-order valence-corrected chi connectivity index (χ0v) is 14.3. The number of hydrogen-bond donors (Lipinski definition) is 0. The molecule has 1 fully saturated rings. The Labute approximate surface area is 144 Å². The highest BCUT2D eigenvalue weighted by Crippen LogP contribution is 2.37. The molecule has 3 aromatic rings. The summed E-state index contributed by atoms with van der Waals surface area (Å²) in [6.07, 6.45) is 8.30. The monoisotopic (exact) mass is 315 g/mol. The van der Waals surface area contributed by atoms with Crippen molar-refractivity contribution >= 4 is 21.5 Å². The molecule has 3 aromatic carbocycles. The van der Waals surface area contributed by atoms with E-state index in [4.69, 9.17) is 0 Å². The van der Waals surface area contributed by atoms with Crippen LogP contribution in [0.1, 0.15) is 43.2 Å². The van der Waals surface area contributed by atoms with Crippen LogP contribution in [0.3, 0.4) is 0 Å². The summed E-state index contributed by atoms with van der Waals surface area (Å²) in [5.41, 5.74) is 3.21. The molecule has 0 saturated heterocycles. The second-order valence-corrected chi connectivity index (χ2v) is 7.56. The van der Waals surface area contributed by atoms with E-state index in [1.807, 2.05) is 0 Å². The van der Waals surface area contributed by atoms with Gasteiger partial charge in [-0.3, -0.25) is 4.90 Å². The number of fused-ring (bicyclic) bond motifs is 6. The van der Waals surface area contributed by atoms with Gasteiger partial charge in [-0.1, -0.05) is 67.8 Å². The molecule has 0 amide bonds. The summed E-state index contributed by atoms with van der Waals surface area (Å²) in [4.78, 5) is 2.78. The zero-order valence-electron chi connectivity index (χ0n) is 14.3. The van der Waals surface area contributed by atoms with E-state index in [1.165, 1.54) is 66.6 Å². The van der Waals surface area contributed by atoms with Crippen LogP contribution in [-0.2, 0) is 13.0 Å². The molecule has 0 atom stereocenters. The molecule has 0 radical (unpaired) electrons. The van der Waals surface area contributed by atoms with Crippen molar-refractivity contribution in [1.82, 2.24) is 4.90 Å². The van der Waals surface area contributed by atoms with Crippen LogP contribution in [0.15, 0.2) is 48.5 Å². The molecule has 0 N–H and O–H groups in total. The highest BCUT2D eigenvalue weighted by atomic mass is 15.2. The predicted molar refractivity (Wildman–Crippen MR) is 102 cm³/mol. The lowest BCUT2D eigenvalue weighted by Crippen LogP contribution is -2.40. The van der Waals surface area contributed by atoms with E-state index >= 15 is 0 Å². The smallest absolute Gasteiger partial charge is 0.0245 e. The molecule has 0 unspecified atom stereocenters. The van der Waals surface area contributed by atoms with Crippen LogP contribution in [0.5, 0.6) is 0 Å². The fourth-order valence-corrected chi connectivity index (χ4v) is 5.05. The molecule has 24 heavy (non-hydrogen) atoms. The van der Waals surface area contributed by atoms with E-state index in [0.29, 0.717) is 0 Å². The van der Waals surface area contributed by atoms with E-state index in [2.05, 4.69) is 53.4 Å². The van der Waals surface area contributed by atoms with E-state index in [1.54, 1.807) is 11.1 Å². The molecule has 5 rings (SSSR count).